The number of H-pyrrole nitrogens is 1. The van der Waals surface area contributed by atoms with Gasteiger partial charge in [0.1, 0.15) is 22.9 Å². The molecule has 2 aliphatic carbocycles. The molecule has 0 bridgehead atoms. The molecule has 10 heteroatoms. The summed E-state index contributed by atoms with van der Waals surface area (Å²) in [7, 11) is 0. The molecular weight excluding hydrogens is 556 g/mol. The van der Waals surface area contributed by atoms with Crippen molar-refractivity contribution < 1.29 is 19.1 Å². The Labute approximate surface area is 264 Å². The first-order valence-corrected chi connectivity index (χ1v) is 17.2. The summed E-state index contributed by atoms with van der Waals surface area (Å²) in [4.78, 5) is 41.5. The van der Waals surface area contributed by atoms with Crippen molar-refractivity contribution in [2.45, 2.75) is 148 Å². The van der Waals surface area contributed by atoms with Crippen LogP contribution < -0.4 is 5.32 Å². The predicted octanol–water partition coefficient (Wildman–Crippen LogP) is 6.35. The Morgan fingerprint density at radius 1 is 0.750 bits per heavy atom. The number of nitrogens with one attached hydrogen (secondary N) is 2. The van der Waals surface area contributed by atoms with E-state index in [1.165, 1.54) is 49.9 Å². The fourth-order valence-corrected chi connectivity index (χ4v) is 7.12. The summed E-state index contributed by atoms with van der Waals surface area (Å²) in [6.07, 6.45) is 13.6. The van der Waals surface area contributed by atoms with Crippen LogP contribution in [-0.4, -0.2) is 87.3 Å². The Morgan fingerprint density at radius 2 is 1.34 bits per heavy atom. The molecule has 1 saturated carbocycles. The number of aliphatic imine (C=N–C) groups is 1. The number of nitrogens with zero attached hydrogens (tertiary/aromatic N) is 4. The number of imidazole rings is 1. The number of ether oxygens (including phenoxy) is 2. The van der Waals surface area contributed by atoms with Crippen LogP contribution in [0.1, 0.15) is 129 Å². The second-order valence-electron chi connectivity index (χ2n) is 15.4. The van der Waals surface area contributed by atoms with Gasteiger partial charge in [0.05, 0.1) is 11.7 Å². The molecule has 0 spiro atoms. The SMILES string of the molecule is CC(C)(C)OC(=O)N1CCC[C@@H](C2=NC3CCCCC3N2)C1.CC(C)(C)OC(=O)N1CCC[C@@H](c2nc3c([nH]2)CCCC3)C1. The second-order valence-corrected chi connectivity index (χ2v) is 15.4. The summed E-state index contributed by atoms with van der Waals surface area (Å²) in [5.74, 6) is 2.88. The van der Waals surface area contributed by atoms with Gasteiger partial charge >= 0.3 is 12.2 Å². The van der Waals surface area contributed by atoms with Gasteiger partial charge in [0.2, 0.25) is 0 Å². The highest BCUT2D eigenvalue weighted by Crippen LogP contribution is 2.30. The van der Waals surface area contributed by atoms with E-state index < -0.39 is 11.2 Å². The Bertz CT molecular complexity index is 1160. The van der Waals surface area contributed by atoms with E-state index in [9.17, 15) is 9.59 Å². The van der Waals surface area contributed by atoms with Crippen LogP contribution in [0.25, 0.3) is 0 Å². The molecule has 2 N–H and O–H groups in total. The van der Waals surface area contributed by atoms with Crippen LogP contribution in [0.2, 0.25) is 0 Å². The summed E-state index contributed by atoms with van der Waals surface area (Å²) < 4.78 is 11.0. The van der Waals surface area contributed by atoms with E-state index in [0.29, 0.717) is 30.5 Å². The minimum absolute atomic E-state index is 0.187. The summed E-state index contributed by atoms with van der Waals surface area (Å²) >= 11 is 0. The fourth-order valence-electron chi connectivity index (χ4n) is 7.12. The van der Waals surface area contributed by atoms with Crippen molar-refractivity contribution in [1.29, 1.82) is 0 Å². The van der Waals surface area contributed by atoms with E-state index in [0.717, 1.165) is 69.8 Å². The van der Waals surface area contributed by atoms with Crippen molar-refractivity contribution in [3.63, 3.8) is 0 Å². The molecule has 1 aromatic heterocycles. The molecule has 1 aromatic rings. The largest absolute Gasteiger partial charge is 0.444 e. The number of carbonyl (C=O) groups excluding carboxylic acids is 2. The molecule has 2 saturated heterocycles. The molecule has 44 heavy (non-hydrogen) atoms. The number of rotatable bonds is 2. The Kier molecular flexibility index (Phi) is 10.1. The molecule has 4 heterocycles. The van der Waals surface area contributed by atoms with Crippen LogP contribution in [0.3, 0.4) is 0 Å². The number of amidine groups is 1. The molecular formula is C34H56N6O4. The topological polar surface area (TPSA) is 112 Å². The number of hydrogen-bond acceptors (Lipinski definition) is 7. The number of likely N-dealkylation sites (tertiary alicyclic amines) is 2. The average Bonchev–Trinajstić information content (AvgIpc) is 3.61. The first kappa shape index (κ1) is 32.6. The number of aryl methyl sites for hydroxylation is 2. The van der Waals surface area contributed by atoms with E-state index in [1.807, 2.05) is 51.3 Å². The monoisotopic (exact) mass is 612 g/mol. The van der Waals surface area contributed by atoms with Crippen LogP contribution in [-0.2, 0) is 22.3 Å². The number of aromatic amines is 1. The fraction of sp³-hybridized carbons (Fsp3) is 0.824. The first-order chi connectivity index (χ1) is 20.8. The van der Waals surface area contributed by atoms with Crippen molar-refractivity contribution in [2.75, 3.05) is 26.2 Å². The molecule has 6 rings (SSSR count). The Morgan fingerprint density at radius 3 is 1.95 bits per heavy atom. The molecule has 246 valence electrons. The standard InChI is InChI=1S/C17H29N3O2.C17H27N3O2/c2*1-17(2,3)22-16(21)20-10-6-7-12(11-20)15-18-13-8-4-5-9-14(13)19-15/h12-14H,4-11H2,1-3H3,(H,18,19);12H,4-11H2,1-3H3,(H,18,19)/t12-,13?,14?;12-/m11/s1. The van der Waals surface area contributed by atoms with Crippen molar-refractivity contribution >= 4 is 18.0 Å². The number of fused-ring (bicyclic) bond motifs is 2. The van der Waals surface area contributed by atoms with E-state index in [-0.39, 0.29) is 12.2 Å². The summed E-state index contributed by atoms with van der Waals surface area (Å²) in [5.41, 5.74) is 1.70. The van der Waals surface area contributed by atoms with E-state index in [4.69, 9.17) is 19.5 Å². The van der Waals surface area contributed by atoms with E-state index >= 15 is 0 Å². The number of amides is 2. The van der Waals surface area contributed by atoms with Gasteiger partial charge in [-0.1, -0.05) is 12.8 Å². The highest BCUT2D eigenvalue weighted by Gasteiger charge is 2.37. The minimum atomic E-state index is -0.437. The number of carbonyl (C=O) groups is 2. The molecule has 0 radical (unpaired) electrons. The Balaban J connectivity index is 0.000000175. The smallest absolute Gasteiger partial charge is 0.410 e. The van der Waals surface area contributed by atoms with Gasteiger partial charge in [-0.3, -0.25) is 4.99 Å². The first-order valence-electron chi connectivity index (χ1n) is 17.2. The van der Waals surface area contributed by atoms with Gasteiger partial charge < -0.3 is 29.6 Å². The zero-order chi connectivity index (χ0) is 31.5. The molecule has 5 aliphatic rings. The van der Waals surface area contributed by atoms with Gasteiger partial charge in [0.25, 0.3) is 0 Å². The summed E-state index contributed by atoms with van der Waals surface area (Å²) in [6, 6.07) is 1.02. The third-order valence-electron chi connectivity index (χ3n) is 9.26. The summed E-state index contributed by atoms with van der Waals surface area (Å²) in [5, 5.41) is 3.64. The molecule has 4 atom stereocenters. The molecule has 3 aliphatic heterocycles. The van der Waals surface area contributed by atoms with Gasteiger partial charge in [0, 0.05) is 49.8 Å². The minimum Gasteiger partial charge on any atom is -0.444 e. The number of piperidine rings is 2. The highest BCUT2D eigenvalue weighted by molar-refractivity contribution is 5.87. The van der Waals surface area contributed by atoms with Crippen LogP contribution in [0, 0.1) is 5.92 Å². The second kappa shape index (κ2) is 13.7. The maximum atomic E-state index is 12.3. The zero-order valence-corrected chi connectivity index (χ0v) is 28.0. The van der Waals surface area contributed by atoms with Gasteiger partial charge in [-0.25, -0.2) is 14.6 Å². The van der Waals surface area contributed by atoms with Crippen molar-refractivity contribution in [3.05, 3.63) is 17.2 Å². The van der Waals surface area contributed by atoms with Crippen LogP contribution in [0.15, 0.2) is 4.99 Å². The Hall–Kier alpha value is -2.78. The highest BCUT2D eigenvalue weighted by atomic mass is 16.6. The van der Waals surface area contributed by atoms with Crippen molar-refractivity contribution in [3.8, 4) is 0 Å². The molecule has 2 amide bonds. The third kappa shape index (κ3) is 8.68. The van der Waals surface area contributed by atoms with E-state index in [1.54, 1.807) is 0 Å². The van der Waals surface area contributed by atoms with Crippen LogP contribution in [0.5, 0.6) is 0 Å². The lowest BCUT2D eigenvalue weighted by molar-refractivity contribution is 0.0184. The van der Waals surface area contributed by atoms with E-state index in [2.05, 4.69) is 10.3 Å². The lowest BCUT2D eigenvalue weighted by atomic mass is 9.92. The van der Waals surface area contributed by atoms with Gasteiger partial charge in [-0.15, -0.1) is 0 Å². The number of aromatic nitrogens is 2. The lowest BCUT2D eigenvalue weighted by Crippen LogP contribution is -2.47. The quantitative estimate of drug-likeness (QED) is 0.403. The maximum Gasteiger partial charge on any atom is 0.410 e. The zero-order valence-electron chi connectivity index (χ0n) is 28.0. The van der Waals surface area contributed by atoms with Crippen molar-refractivity contribution in [2.24, 2.45) is 10.9 Å². The third-order valence-corrected chi connectivity index (χ3v) is 9.26. The van der Waals surface area contributed by atoms with Crippen LogP contribution >= 0.6 is 0 Å². The molecule has 10 nitrogen and oxygen atoms in total. The van der Waals surface area contributed by atoms with Crippen LogP contribution in [0.4, 0.5) is 9.59 Å². The van der Waals surface area contributed by atoms with Gasteiger partial charge in [-0.05, 0) is 106 Å². The normalized spacial score (nSPS) is 27.2. The molecule has 0 aromatic carbocycles. The van der Waals surface area contributed by atoms with Crippen molar-refractivity contribution in [1.82, 2.24) is 25.1 Å². The summed E-state index contributed by atoms with van der Waals surface area (Å²) in [6.45, 7) is 14.5. The van der Waals surface area contributed by atoms with Gasteiger partial charge in [0.15, 0.2) is 0 Å². The average molecular weight is 613 g/mol. The number of hydrogen-bond donors (Lipinski definition) is 2. The predicted molar refractivity (Wildman–Crippen MR) is 172 cm³/mol. The lowest BCUT2D eigenvalue weighted by Gasteiger charge is -2.34. The maximum absolute atomic E-state index is 12.3. The molecule has 3 fully saturated rings. The molecule has 2 unspecified atom stereocenters. The van der Waals surface area contributed by atoms with Gasteiger partial charge in [-0.2, -0.15) is 0 Å².